The number of amides is 1. The highest BCUT2D eigenvalue weighted by Crippen LogP contribution is 2.30. The third kappa shape index (κ3) is 3.14. The lowest BCUT2D eigenvalue weighted by molar-refractivity contribution is 0.0990. The van der Waals surface area contributed by atoms with Crippen molar-refractivity contribution in [1.82, 2.24) is 20.6 Å². The molecule has 4 rings (SSSR count). The van der Waals surface area contributed by atoms with Gasteiger partial charge in [0, 0.05) is 18.4 Å². The minimum atomic E-state index is -0.0884. The van der Waals surface area contributed by atoms with Crippen LogP contribution in [-0.2, 0) is 6.42 Å². The Morgan fingerprint density at radius 1 is 1.22 bits per heavy atom. The molecule has 2 heterocycles. The molecule has 1 aliphatic rings. The van der Waals surface area contributed by atoms with Gasteiger partial charge in [0.2, 0.25) is 5.82 Å². The van der Waals surface area contributed by atoms with Crippen LogP contribution >= 0.6 is 0 Å². The number of benzene rings is 2. The van der Waals surface area contributed by atoms with E-state index in [1.165, 1.54) is 11.8 Å². The number of para-hydroxylation sites is 2. The lowest BCUT2D eigenvalue weighted by Gasteiger charge is -2.19. The molecule has 0 atom stereocenters. The van der Waals surface area contributed by atoms with Crippen molar-refractivity contribution in [2.75, 3.05) is 16.8 Å². The number of carbonyl (C=O) groups excluding carboxylic acids is 1. The van der Waals surface area contributed by atoms with E-state index in [4.69, 9.17) is 0 Å². The summed E-state index contributed by atoms with van der Waals surface area (Å²) in [5.74, 6) is 0.0943. The van der Waals surface area contributed by atoms with Crippen LogP contribution in [0.3, 0.4) is 0 Å². The molecule has 1 aromatic heterocycles. The van der Waals surface area contributed by atoms with E-state index < -0.39 is 0 Å². The Hall–Kier alpha value is -3.99. The number of nitrogens with one attached hydrogen (secondary N) is 2. The minimum absolute atomic E-state index is 0.0884. The van der Waals surface area contributed by atoms with E-state index in [2.05, 4.69) is 25.9 Å². The van der Waals surface area contributed by atoms with E-state index in [0.29, 0.717) is 17.8 Å². The summed E-state index contributed by atoms with van der Waals surface area (Å²) in [6, 6.07) is 17.1. The molecule has 8 nitrogen and oxygen atoms in total. The van der Waals surface area contributed by atoms with Crippen LogP contribution in [-0.4, -0.2) is 33.1 Å². The first-order valence-corrected chi connectivity index (χ1v) is 8.37. The number of hydrogen-bond donors (Lipinski definition) is 2. The number of anilines is 2. The van der Waals surface area contributed by atoms with Crippen molar-refractivity contribution in [2.24, 2.45) is 0 Å². The number of fused-ring (bicyclic) bond motifs is 1. The molecule has 8 heteroatoms. The third-order valence-electron chi connectivity index (χ3n) is 4.37. The zero-order valence-corrected chi connectivity index (χ0v) is 14.3. The molecule has 2 aromatic carbocycles. The number of hydrogen-bond acceptors (Lipinski definition) is 6. The molecule has 0 saturated carbocycles. The van der Waals surface area contributed by atoms with Crippen LogP contribution in [0.15, 0.2) is 54.7 Å². The van der Waals surface area contributed by atoms with Gasteiger partial charge in [-0.15, -0.1) is 10.2 Å². The first kappa shape index (κ1) is 16.5. The Labute approximate surface area is 155 Å². The van der Waals surface area contributed by atoms with Crippen LogP contribution in [0.25, 0.3) is 5.57 Å². The van der Waals surface area contributed by atoms with E-state index in [-0.39, 0.29) is 17.3 Å². The molecule has 2 N–H and O–H groups in total. The van der Waals surface area contributed by atoms with Gasteiger partial charge < -0.3 is 10.2 Å². The van der Waals surface area contributed by atoms with Crippen molar-refractivity contribution in [3.8, 4) is 6.07 Å². The van der Waals surface area contributed by atoms with E-state index in [1.807, 2.05) is 42.5 Å². The normalized spacial score (nSPS) is 13.1. The molecule has 0 spiro atoms. The zero-order valence-electron chi connectivity index (χ0n) is 14.3. The molecule has 0 unspecified atom stereocenters. The fraction of sp³-hybridized carbons (Fsp3) is 0.105. The van der Waals surface area contributed by atoms with Gasteiger partial charge in [0.25, 0.3) is 5.91 Å². The van der Waals surface area contributed by atoms with E-state index in [0.717, 1.165) is 12.1 Å². The quantitative estimate of drug-likeness (QED) is 0.694. The topological polar surface area (TPSA) is 111 Å². The molecule has 0 bridgehead atoms. The lowest BCUT2D eigenvalue weighted by Crippen LogP contribution is -2.29. The number of tetrazole rings is 1. The fourth-order valence-corrected chi connectivity index (χ4v) is 3.06. The summed E-state index contributed by atoms with van der Waals surface area (Å²) in [7, 11) is 0. The number of H-pyrrole nitrogens is 1. The SMILES string of the molecule is N#CC(=CNc1ccccc1C(=O)N1CCc2ccccc21)c1nn[nH]n1. The van der Waals surface area contributed by atoms with E-state index >= 15 is 0 Å². The number of nitriles is 1. The molecule has 132 valence electrons. The smallest absolute Gasteiger partial charge is 0.260 e. The maximum Gasteiger partial charge on any atom is 0.260 e. The van der Waals surface area contributed by atoms with Gasteiger partial charge >= 0.3 is 0 Å². The summed E-state index contributed by atoms with van der Waals surface area (Å²) < 4.78 is 0. The van der Waals surface area contributed by atoms with Crippen molar-refractivity contribution in [3.63, 3.8) is 0 Å². The summed E-state index contributed by atoms with van der Waals surface area (Å²) >= 11 is 0. The molecule has 1 aliphatic heterocycles. The average Bonchev–Trinajstić information content (AvgIpc) is 3.38. The van der Waals surface area contributed by atoms with Crippen LogP contribution in [0.2, 0.25) is 0 Å². The predicted octanol–water partition coefficient (Wildman–Crippen LogP) is 2.38. The number of nitrogens with zero attached hydrogens (tertiary/aromatic N) is 5. The van der Waals surface area contributed by atoms with Crippen molar-refractivity contribution in [1.29, 1.82) is 5.26 Å². The second kappa shape index (κ2) is 7.09. The van der Waals surface area contributed by atoms with Gasteiger partial charge in [-0.2, -0.15) is 10.5 Å². The van der Waals surface area contributed by atoms with Gasteiger partial charge in [0.15, 0.2) is 0 Å². The maximum atomic E-state index is 13.1. The van der Waals surface area contributed by atoms with Gasteiger partial charge in [0.05, 0.1) is 11.3 Å². The molecule has 0 fully saturated rings. The first-order chi connectivity index (χ1) is 13.3. The molecule has 3 aromatic rings. The van der Waals surface area contributed by atoms with Crippen LogP contribution < -0.4 is 10.2 Å². The highest BCUT2D eigenvalue weighted by molar-refractivity contribution is 6.10. The molecule has 0 saturated heterocycles. The van der Waals surface area contributed by atoms with Gasteiger partial charge in [-0.3, -0.25) is 4.79 Å². The number of carbonyl (C=O) groups is 1. The summed E-state index contributed by atoms with van der Waals surface area (Å²) in [5.41, 5.74) is 3.44. The van der Waals surface area contributed by atoms with E-state index in [9.17, 15) is 10.1 Å². The molecule has 0 aliphatic carbocycles. The summed E-state index contributed by atoms with van der Waals surface area (Å²) in [4.78, 5) is 14.9. The highest BCUT2D eigenvalue weighted by Gasteiger charge is 2.26. The first-order valence-electron chi connectivity index (χ1n) is 8.37. The predicted molar refractivity (Wildman–Crippen MR) is 99.7 cm³/mol. The largest absolute Gasteiger partial charge is 0.360 e. The van der Waals surface area contributed by atoms with E-state index in [1.54, 1.807) is 17.0 Å². The molecule has 27 heavy (non-hydrogen) atoms. The Morgan fingerprint density at radius 2 is 2.04 bits per heavy atom. The van der Waals surface area contributed by atoms with Crippen LogP contribution in [0.1, 0.15) is 21.7 Å². The van der Waals surface area contributed by atoms with Gasteiger partial charge in [0.1, 0.15) is 11.6 Å². The number of aromatic amines is 1. The Balaban J connectivity index is 1.62. The summed E-state index contributed by atoms with van der Waals surface area (Å²) in [6.45, 7) is 0.647. The van der Waals surface area contributed by atoms with Gasteiger partial charge in [-0.05, 0) is 35.4 Å². The Kier molecular flexibility index (Phi) is 4.33. The van der Waals surface area contributed by atoms with Crippen LogP contribution in [0, 0.1) is 11.3 Å². The Morgan fingerprint density at radius 3 is 2.85 bits per heavy atom. The van der Waals surface area contributed by atoms with Crippen molar-refractivity contribution in [2.45, 2.75) is 6.42 Å². The second-order valence-corrected chi connectivity index (χ2v) is 5.93. The van der Waals surface area contributed by atoms with Crippen LogP contribution in [0.5, 0.6) is 0 Å². The lowest BCUT2D eigenvalue weighted by atomic mass is 10.1. The van der Waals surface area contributed by atoms with Crippen molar-refractivity contribution in [3.05, 3.63) is 71.7 Å². The molecule has 1 amide bonds. The average molecular weight is 357 g/mol. The zero-order chi connectivity index (χ0) is 18.6. The Bertz CT molecular complexity index is 1050. The standard InChI is InChI=1S/C19H15N7O/c20-11-14(18-22-24-25-23-18)12-21-16-7-3-2-6-15(16)19(27)26-10-9-13-5-1-4-8-17(13)26/h1-8,12,21H,9-10H2,(H,22,23,24,25). The fourth-order valence-electron chi connectivity index (χ4n) is 3.06. The van der Waals surface area contributed by atoms with Gasteiger partial charge in [-0.1, -0.05) is 30.3 Å². The molecular weight excluding hydrogens is 342 g/mol. The number of rotatable bonds is 4. The molecule has 0 radical (unpaired) electrons. The number of allylic oxidation sites excluding steroid dienone is 1. The third-order valence-corrected chi connectivity index (χ3v) is 4.37. The maximum absolute atomic E-state index is 13.1. The van der Waals surface area contributed by atoms with Crippen LogP contribution in [0.4, 0.5) is 11.4 Å². The second-order valence-electron chi connectivity index (χ2n) is 5.93. The highest BCUT2D eigenvalue weighted by atomic mass is 16.2. The number of aromatic nitrogens is 4. The van der Waals surface area contributed by atoms with Gasteiger partial charge in [-0.25, -0.2) is 0 Å². The summed E-state index contributed by atoms with van der Waals surface area (Å²) in [6.07, 6.45) is 2.31. The minimum Gasteiger partial charge on any atom is -0.360 e. The van der Waals surface area contributed by atoms with Crippen molar-refractivity contribution >= 4 is 22.9 Å². The summed E-state index contributed by atoms with van der Waals surface area (Å²) in [5, 5.41) is 25.6. The van der Waals surface area contributed by atoms with Crippen molar-refractivity contribution < 1.29 is 4.79 Å². The molecular formula is C19H15N7O. The monoisotopic (exact) mass is 357 g/mol.